The molecule has 1 fully saturated rings. The molecule has 3 nitrogen and oxygen atoms in total. The zero-order valence-electron chi connectivity index (χ0n) is 24.0. The lowest BCUT2D eigenvalue weighted by molar-refractivity contribution is -0.671. The first-order valence-corrected chi connectivity index (χ1v) is 15.9. The molecule has 1 aromatic heterocycles. The smallest absolute Gasteiger partial charge is 0.212 e. The summed E-state index contributed by atoms with van der Waals surface area (Å²) in [4.78, 5) is 0. The largest absolute Gasteiger partial charge is 0.379 e. The predicted molar refractivity (Wildman–Crippen MR) is 157 cm³/mol. The Balaban J connectivity index is 1.08. The fraction of sp³-hybridized carbons (Fsp3) is 0.735. The number of para-hydroxylation sites is 1. The lowest BCUT2D eigenvalue weighted by atomic mass is 9.97. The van der Waals surface area contributed by atoms with Gasteiger partial charge in [-0.25, -0.2) is 0 Å². The minimum Gasteiger partial charge on any atom is -0.379 e. The highest BCUT2D eigenvalue weighted by Crippen LogP contribution is 2.25. The third-order valence-electron chi connectivity index (χ3n) is 8.16. The summed E-state index contributed by atoms with van der Waals surface area (Å²) in [5.41, 5.74) is 1.34. The van der Waals surface area contributed by atoms with Crippen molar-refractivity contribution in [1.82, 2.24) is 0 Å². The molecule has 1 saturated heterocycles. The number of nitrogens with zero attached hydrogens (tertiary/aromatic N) is 1. The molecule has 0 N–H and O–H groups in total. The fourth-order valence-electron chi connectivity index (χ4n) is 5.84. The maximum Gasteiger partial charge on any atom is 0.212 e. The minimum atomic E-state index is 0.338. The average Bonchev–Trinajstić information content (AvgIpc) is 3.38. The summed E-state index contributed by atoms with van der Waals surface area (Å²) in [5.74, 6) is 0.767. The van der Waals surface area contributed by atoms with Gasteiger partial charge in [0.05, 0.1) is 12.7 Å². The van der Waals surface area contributed by atoms with Gasteiger partial charge in [0.1, 0.15) is 6.54 Å². The maximum atomic E-state index is 6.02. The van der Waals surface area contributed by atoms with E-state index in [0.717, 1.165) is 38.7 Å². The Kier molecular flexibility index (Phi) is 15.9. The van der Waals surface area contributed by atoms with Gasteiger partial charge in [0.25, 0.3) is 0 Å². The van der Waals surface area contributed by atoms with Crippen molar-refractivity contribution < 1.29 is 14.0 Å². The molecule has 37 heavy (non-hydrogen) atoms. The second-order valence-electron chi connectivity index (χ2n) is 11.5. The second-order valence-corrected chi connectivity index (χ2v) is 11.5. The van der Waals surface area contributed by atoms with Crippen molar-refractivity contribution >= 4 is 10.9 Å². The summed E-state index contributed by atoms with van der Waals surface area (Å²) in [6, 6.07) is 13.0. The fourth-order valence-corrected chi connectivity index (χ4v) is 5.84. The van der Waals surface area contributed by atoms with Crippen LogP contribution in [0.4, 0.5) is 0 Å². The third-order valence-corrected chi connectivity index (χ3v) is 8.16. The van der Waals surface area contributed by atoms with Crippen molar-refractivity contribution in [2.75, 3.05) is 19.8 Å². The van der Waals surface area contributed by atoms with Gasteiger partial charge in [0, 0.05) is 37.2 Å². The summed E-state index contributed by atoms with van der Waals surface area (Å²) in [5, 5.41) is 1.32. The highest BCUT2D eigenvalue weighted by atomic mass is 16.5. The first-order valence-electron chi connectivity index (χ1n) is 15.9. The summed E-state index contributed by atoms with van der Waals surface area (Å²) >= 11 is 0. The minimum absolute atomic E-state index is 0.338. The zero-order valence-corrected chi connectivity index (χ0v) is 24.0. The number of unbranched alkanes of at least 4 members (excludes halogenated alkanes) is 14. The summed E-state index contributed by atoms with van der Waals surface area (Å²) in [7, 11) is 0. The monoisotopic (exact) mass is 510 g/mol. The van der Waals surface area contributed by atoms with E-state index >= 15 is 0 Å². The van der Waals surface area contributed by atoms with Crippen LogP contribution < -0.4 is 4.57 Å². The van der Waals surface area contributed by atoms with Gasteiger partial charge < -0.3 is 9.47 Å². The number of fused-ring (bicyclic) bond motifs is 1. The van der Waals surface area contributed by atoms with Crippen LogP contribution in [-0.2, 0) is 16.0 Å². The highest BCUT2D eigenvalue weighted by Gasteiger charge is 2.25. The van der Waals surface area contributed by atoms with E-state index in [2.05, 4.69) is 54.1 Å². The van der Waals surface area contributed by atoms with Gasteiger partial charge in [-0.05, 0) is 43.7 Å². The van der Waals surface area contributed by atoms with Crippen LogP contribution in [0.25, 0.3) is 10.9 Å². The molecular formula is C34H56NO2+. The molecule has 1 aromatic carbocycles. The number of benzene rings is 1. The average molecular weight is 511 g/mol. The third kappa shape index (κ3) is 12.8. The van der Waals surface area contributed by atoms with Crippen molar-refractivity contribution in [3.8, 4) is 0 Å². The predicted octanol–water partition coefficient (Wildman–Crippen LogP) is 9.20. The van der Waals surface area contributed by atoms with Gasteiger partial charge in [0.15, 0.2) is 6.20 Å². The van der Waals surface area contributed by atoms with E-state index in [-0.39, 0.29) is 0 Å². The van der Waals surface area contributed by atoms with Crippen LogP contribution in [0.3, 0.4) is 0 Å². The Morgan fingerprint density at radius 1 is 0.757 bits per heavy atom. The molecule has 3 heteroatoms. The molecule has 2 aromatic rings. The zero-order chi connectivity index (χ0) is 25.8. The Bertz CT molecular complexity index is 817. The molecule has 0 aliphatic carbocycles. The summed E-state index contributed by atoms with van der Waals surface area (Å²) < 4.78 is 14.4. The molecule has 0 bridgehead atoms. The van der Waals surface area contributed by atoms with Gasteiger partial charge >= 0.3 is 0 Å². The number of aryl methyl sites for hydroxylation is 1. The summed E-state index contributed by atoms with van der Waals surface area (Å²) in [6.45, 7) is 6.02. The van der Waals surface area contributed by atoms with E-state index in [1.807, 2.05) is 0 Å². The number of rotatable bonds is 22. The van der Waals surface area contributed by atoms with Crippen LogP contribution in [0.15, 0.2) is 42.6 Å². The molecule has 3 rings (SSSR count). The Morgan fingerprint density at radius 3 is 2.19 bits per heavy atom. The van der Waals surface area contributed by atoms with E-state index < -0.39 is 0 Å². The lowest BCUT2D eigenvalue weighted by Crippen LogP contribution is -2.33. The molecule has 2 heterocycles. The number of hydrogen-bond acceptors (Lipinski definition) is 2. The molecule has 1 aliphatic heterocycles. The van der Waals surface area contributed by atoms with Gasteiger partial charge in [0.2, 0.25) is 5.52 Å². The van der Waals surface area contributed by atoms with Crippen LogP contribution in [0.2, 0.25) is 0 Å². The molecule has 1 aliphatic rings. The van der Waals surface area contributed by atoms with Gasteiger partial charge in [-0.3, -0.25) is 0 Å². The first kappa shape index (κ1) is 30.1. The quantitative estimate of drug-likeness (QED) is 0.116. The van der Waals surface area contributed by atoms with Crippen LogP contribution in [0.1, 0.15) is 122 Å². The van der Waals surface area contributed by atoms with Crippen molar-refractivity contribution in [3.05, 3.63) is 42.6 Å². The topological polar surface area (TPSA) is 22.3 Å². The lowest BCUT2D eigenvalue weighted by Gasteiger charge is -2.10. The van der Waals surface area contributed by atoms with Gasteiger partial charge in [-0.1, -0.05) is 103 Å². The van der Waals surface area contributed by atoms with Gasteiger partial charge in [-0.15, -0.1) is 0 Å². The molecule has 0 radical (unpaired) electrons. The van der Waals surface area contributed by atoms with E-state index in [9.17, 15) is 0 Å². The SMILES string of the molecule is CCCCCCCCCCCCCC[C@H]1CO[C@H](COCCCCCC[n+]2cccc3ccccc32)C1. The van der Waals surface area contributed by atoms with Crippen molar-refractivity contribution in [2.24, 2.45) is 5.92 Å². The standard InChI is InChI=1S/C34H56NO2/c1-2-3-4-5-6-7-8-9-10-11-12-15-21-31-28-33(37-29-31)30-36-27-19-14-13-18-25-35-26-20-23-32-22-16-17-24-34(32)35/h16-17,20,22-24,26,31,33H,2-15,18-19,21,25,27-30H2,1H3/q+1/t31-,33+/m1/s1. The van der Waals surface area contributed by atoms with E-state index in [4.69, 9.17) is 9.47 Å². The summed E-state index contributed by atoms with van der Waals surface area (Å²) in [6.07, 6.45) is 27.2. The van der Waals surface area contributed by atoms with Crippen molar-refractivity contribution in [2.45, 2.75) is 135 Å². The van der Waals surface area contributed by atoms with Crippen molar-refractivity contribution in [3.63, 3.8) is 0 Å². The van der Waals surface area contributed by atoms with Crippen LogP contribution >= 0.6 is 0 Å². The highest BCUT2D eigenvalue weighted by molar-refractivity contribution is 5.74. The van der Waals surface area contributed by atoms with Gasteiger partial charge in [-0.2, -0.15) is 4.57 Å². The number of hydrogen-bond donors (Lipinski definition) is 0. The number of pyridine rings is 1. The van der Waals surface area contributed by atoms with Crippen LogP contribution in [0.5, 0.6) is 0 Å². The number of ether oxygens (including phenoxy) is 2. The molecule has 208 valence electrons. The molecule has 0 saturated carbocycles. The first-order chi connectivity index (χ1) is 18.4. The Hall–Kier alpha value is -1.45. The maximum absolute atomic E-state index is 6.02. The van der Waals surface area contributed by atoms with E-state index in [0.29, 0.717) is 6.10 Å². The molecule has 0 unspecified atom stereocenters. The molecule has 0 spiro atoms. The van der Waals surface area contributed by atoms with E-state index in [1.54, 1.807) is 0 Å². The second kappa shape index (κ2) is 19.6. The Morgan fingerprint density at radius 2 is 1.41 bits per heavy atom. The molecule has 0 amide bonds. The van der Waals surface area contributed by atoms with Crippen LogP contribution in [-0.4, -0.2) is 25.9 Å². The van der Waals surface area contributed by atoms with E-state index in [1.165, 1.54) is 120 Å². The van der Waals surface area contributed by atoms with Crippen molar-refractivity contribution in [1.29, 1.82) is 0 Å². The molecule has 2 atom stereocenters. The van der Waals surface area contributed by atoms with Crippen LogP contribution in [0, 0.1) is 5.92 Å². The Labute approximate surface area is 228 Å². The molecular weight excluding hydrogens is 454 g/mol. The normalized spacial score (nSPS) is 17.6. The number of aromatic nitrogens is 1.